The summed E-state index contributed by atoms with van der Waals surface area (Å²) in [6.07, 6.45) is 15.1. The Bertz CT molecular complexity index is 904. The second-order valence-electron chi connectivity index (χ2n) is 11.2. The Morgan fingerprint density at radius 3 is 2.23 bits per heavy atom. The van der Waals surface area contributed by atoms with E-state index in [0.717, 1.165) is 49.9 Å². The zero-order valence-corrected chi connectivity index (χ0v) is 18.9. The number of nitrogens with two attached hydrogens (primary N) is 2. The van der Waals surface area contributed by atoms with Crippen LogP contribution >= 0.6 is 0 Å². The van der Waals surface area contributed by atoms with Crippen LogP contribution in [-0.4, -0.2) is 17.6 Å². The third-order valence-electron chi connectivity index (χ3n) is 9.21. The third kappa shape index (κ3) is 3.02. The van der Waals surface area contributed by atoms with Gasteiger partial charge in [-0.25, -0.2) is 4.99 Å². The van der Waals surface area contributed by atoms with Crippen molar-refractivity contribution < 1.29 is 0 Å². The van der Waals surface area contributed by atoms with Crippen LogP contribution in [-0.2, 0) is 11.8 Å². The highest BCUT2D eigenvalue weighted by atomic mass is 15.4. The number of aryl methyl sites for hydroxylation is 1. The summed E-state index contributed by atoms with van der Waals surface area (Å²) in [4.78, 5) is 11.6. The molecule has 4 bridgehead atoms. The van der Waals surface area contributed by atoms with E-state index in [-0.39, 0.29) is 5.66 Å². The molecule has 1 aliphatic heterocycles. The lowest BCUT2D eigenvalue weighted by atomic mass is 9.48. The van der Waals surface area contributed by atoms with Crippen LogP contribution < -0.4 is 16.4 Å². The van der Waals surface area contributed by atoms with Crippen molar-refractivity contribution in [2.75, 3.05) is 4.90 Å². The maximum atomic E-state index is 6.60. The highest BCUT2D eigenvalue weighted by molar-refractivity contribution is 6.06. The lowest BCUT2D eigenvalue weighted by Gasteiger charge is -2.57. The molecule has 6 aliphatic rings. The third-order valence-corrected chi connectivity index (χ3v) is 9.21. The molecular weight excluding hydrogens is 382 g/mol. The standard InChI is InChI=1S/C26H37N5/c1-2-20-6-7-21(25-14-17-10-18(15-25)12-19(11-17)16-25)13-22(20)31-24(28)29-23(27)30-26(31)8-4-3-5-9-26/h6-7,13,17-19H,2-5,8-12,14-16H2,1H3,(H4,27,28,29,30). The summed E-state index contributed by atoms with van der Waals surface area (Å²) in [5.41, 5.74) is 16.9. The molecule has 1 aromatic carbocycles. The van der Waals surface area contributed by atoms with Crippen LogP contribution in [0.25, 0.3) is 0 Å². The summed E-state index contributed by atoms with van der Waals surface area (Å²) in [6.45, 7) is 2.24. The Kier molecular flexibility index (Phi) is 4.42. The molecule has 5 saturated carbocycles. The summed E-state index contributed by atoms with van der Waals surface area (Å²) >= 11 is 0. The number of rotatable bonds is 3. The Morgan fingerprint density at radius 1 is 0.968 bits per heavy atom. The number of hydrogen-bond donors (Lipinski definition) is 2. The molecule has 0 unspecified atom stereocenters. The largest absolute Gasteiger partial charge is 0.369 e. The number of anilines is 1. The van der Waals surface area contributed by atoms with Crippen LogP contribution in [0.1, 0.15) is 88.7 Å². The van der Waals surface area contributed by atoms with Gasteiger partial charge in [-0.3, -0.25) is 4.90 Å². The van der Waals surface area contributed by atoms with Crippen LogP contribution in [0, 0.1) is 17.8 Å². The molecule has 0 aromatic heterocycles. The van der Waals surface area contributed by atoms with Crippen molar-refractivity contribution in [3.05, 3.63) is 29.3 Å². The fraction of sp³-hybridized carbons (Fsp3) is 0.692. The molecule has 7 rings (SSSR count). The number of guanidine groups is 2. The SMILES string of the molecule is CCc1ccc(C23CC4CC(CC(C4)C2)C3)cc1N1C(N)=NC(N)=NC12CCCCC2. The van der Waals surface area contributed by atoms with Gasteiger partial charge in [0.1, 0.15) is 5.66 Å². The minimum absolute atomic E-state index is 0.339. The lowest BCUT2D eigenvalue weighted by molar-refractivity contribution is -0.00518. The molecule has 4 N–H and O–H groups in total. The highest BCUT2D eigenvalue weighted by Crippen LogP contribution is 2.61. The first-order valence-electron chi connectivity index (χ1n) is 12.6. The van der Waals surface area contributed by atoms with E-state index < -0.39 is 0 Å². The van der Waals surface area contributed by atoms with E-state index >= 15 is 0 Å². The van der Waals surface area contributed by atoms with Gasteiger partial charge in [0.05, 0.1) is 0 Å². The molecule has 0 saturated heterocycles. The quantitative estimate of drug-likeness (QED) is 0.736. The molecule has 0 atom stereocenters. The molecule has 31 heavy (non-hydrogen) atoms. The smallest absolute Gasteiger partial charge is 0.220 e. The molecule has 5 aliphatic carbocycles. The minimum atomic E-state index is -0.363. The number of hydrogen-bond acceptors (Lipinski definition) is 5. The van der Waals surface area contributed by atoms with E-state index in [1.54, 1.807) is 5.56 Å². The molecule has 166 valence electrons. The molecule has 1 aromatic rings. The molecule has 1 heterocycles. The fourth-order valence-corrected chi connectivity index (χ4v) is 8.33. The zero-order valence-electron chi connectivity index (χ0n) is 18.9. The van der Waals surface area contributed by atoms with Gasteiger partial charge < -0.3 is 11.5 Å². The van der Waals surface area contributed by atoms with Crippen molar-refractivity contribution in [3.63, 3.8) is 0 Å². The fourth-order valence-electron chi connectivity index (χ4n) is 8.33. The molecule has 5 heteroatoms. The van der Waals surface area contributed by atoms with Gasteiger partial charge in [0.2, 0.25) is 11.9 Å². The minimum Gasteiger partial charge on any atom is -0.369 e. The molecule has 5 fully saturated rings. The van der Waals surface area contributed by atoms with Gasteiger partial charge in [0.25, 0.3) is 0 Å². The van der Waals surface area contributed by atoms with Crippen molar-refractivity contribution in [1.82, 2.24) is 0 Å². The molecule has 5 nitrogen and oxygen atoms in total. The van der Waals surface area contributed by atoms with E-state index in [1.165, 1.54) is 56.2 Å². The van der Waals surface area contributed by atoms with Gasteiger partial charge in [-0.2, -0.15) is 4.99 Å². The van der Waals surface area contributed by atoms with Crippen LogP contribution in [0.3, 0.4) is 0 Å². The lowest BCUT2D eigenvalue weighted by Crippen LogP contribution is -2.58. The predicted molar refractivity (Wildman–Crippen MR) is 127 cm³/mol. The first kappa shape index (κ1) is 19.6. The average molecular weight is 420 g/mol. The molecule has 0 amide bonds. The van der Waals surface area contributed by atoms with Crippen molar-refractivity contribution in [2.45, 2.75) is 95.1 Å². The Hall–Kier alpha value is -2.04. The second kappa shape index (κ2) is 6.98. The van der Waals surface area contributed by atoms with Gasteiger partial charge >= 0.3 is 0 Å². The van der Waals surface area contributed by atoms with Gasteiger partial charge in [0.15, 0.2) is 0 Å². The average Bonchev–Trinajstić information content (AvgIpc) is 2.72. The summed E-state index contributed by atoms with van der Waals surface area (Å²) < 4.78 is 0. The monoisotopic (exact) mass is 419 g/mol. The van der Waals surface area contributed by atoms with Gasteiger partial charge in [-0.15, -0.1) is 0 Å². The molecular formula is C26H37N5. The normalized spacial score (nSPS) is 35.9. The summed E-state index contributed by atoms with van der Waals surface area (Å²) in [7, 11) is 0. The highest BCUT2D eigenvalue weighted by Gasteiger charge is 2.52. The van der Waals surface area contributed by atoms with Crippen LogP contribution in [0.5, 0.6) is 0 Å². The second-order valence-corrected chi connectivity index (χ2v) is 11.2. The maximum absolute atomic E-state index is 6.60. The maximum Gasteiger partial charge on any atom is 0.220 e. The number of benzene rings is 1. The number of aliphatic imine (C=N–C) groups is 2. The summed E-state index contributed by atoms with van der Waals surface area (Å²) in [5.74, 6) is 3.68. The summed E-state index contributed by atoms with van der Waals surface area (Å²) in [6, 6.07) is 7.30. The van der Waals surface area contributed by atoms with Crippen molar-refractivity contribution in [3.8, 4) is 0 Å². The Morgan fingerprint density at radius 2 is 1.61 bits per heavy atom. The topological polar surface area (TPSA) is 80.0 Å². The number of nitrogens with zero attached hydrogens (tertiary/aromatic N) is 3. The molecule has 0 radical (unpaired) electrons. The van der Waals surface area contributed by atoms with E-state index in [4.69, 9.17) is 16.5 Å². The van der Waals surface area contributed by atoms with Crippen LogP contribution in [0.2, 0.25) is 0 Å². The van der Waals surface area contributed by atoms with Crippen molar-refractivity contribution in [1.29, 1.82) is 0 Å². The zero-order chi connectivity index (χ0) is 21.2. The van der Waals surface area contributed by atoms with Crippen molar-refractivity contribution >= 4 is 17.6 Å². The van der Waals surface area contributed by atoms with E-state index in [2.05, 4.69) is 35.0 Å². The van der Waals surface area contributed by atoms with Crippen molar-refractivity contribution in [2.24, 2.45) is 39.2 Å². The first-order valence-corrected chi connectivity index (χ1v) is 12.6. The summed E-state index contributed by atoms with van der Waals surface area (Å²) in [5, 5.41) is 0. The van der Waals surface area contributed by atoms with Gasteiger partial charge in [0, 0.05) is 5.69 Å². The van der Waals surface area contributed by atoms with Gasteiger partial charge in [-0.1, -0.05) is 25.5 Å². The predicted octanol–water partition coefficient (Wildman–Crippen LogP) is 4.83. The first-order chi connectivity index (χ1) is 15.0. The molecule has 1 spiro atoms. The van der Waals surface area contributed by atoms with Gasteiger partial charge in [-0.05, 0) is 111 Å². The van der Waals surface area contributed by atoms with E-state index in [1.807, 2.05) is 0 Å². The van der Waals surface area contributed by atoms with E-state index in [0.29, 0.717) is 17.3 Å². The Balaban J connectivity index is 1.45. The van der Waals surface area contributed by atoms with E-state index in [9.17, 15) is 0 Å². The van der Waals surface area contributed by atoms with Crippen LogP contribution in [0.15, 0.2) is 28.2 Å². The van der Waals surface area contributed by atoms with Crippen LogP contribution in [0.4, 0.5) is 5.69 Å². The Labute approximate surface area is 186 Å².